The van der Waals surface area contributed by atoms with Crippen molar-refractivity contribution in [1.82, 2.24) is 10.3 Å². The van der Waals surface area contributed by atoms with Crippen LogP contribution < -0.4 is 5.32 Å². The van der Waals surface area contributed by atoms with E-state index in [0.29, 0.717) is 6.61 Å². The number of H-pyrrole nitrogens is 1. The molecule has 3 N–H and O–H groups in total. The fraction of sp³-hybridized carbons (Fsp3) is 0.375. The van der Waals surface area contributed by atoms with Gasteiger partial charge in [0, 0.05) is 34.6 Å². The molecule has 0 aliphatic carbocycles. The van der Waals surface area contributed by atoms with Crippen molar-refractivity contribution < 1.29 is 19.4 Å². The van der Waals surface area contributed by atoms with Gasteiger partial charge in [-0.3, -0.25) is 4.79 Å². The number of aromatic amines is 1. The number of amides is 1. The van der Waals surface area contributed by atoms with E-state index in [2.05, 4.69) is 26.2 Å². The summed E-state index contributed by atoms with van der Waals surface area (Å²) in [6.45, 7) is 2.28. The van der Waals surface area contributed by atoms with E-state index in [-0.39, 0.29) is 13.0 Å². The third kappa shape index (κ3) is 4.80. The number of fused-ring (bicyclic) bond motifs is 1. The molecule has 0 fully saturated rings. The van der Waals surface area contributed by atoms with Crippen LogP contribution in [0.2, 0.25) is 0 Å². The first-order valence-electron chi connectivity index (χ1n) is 7.36. The fourth-order valence-electron chi connectivity index (χ4n) is 2.28. The van der Waals surface area contributed by atoms with Gasteiger partial charge in [0.15, 0.2) is 0 Å². The number of benzene rings is 1. The highest BCUT2D eigenvalue weighted by Gasteiger charge is 2.22. The first kappa shape index (κ1) is 17.5. The van der Waals surface area contributed by atoms with Gasteiger partial charge in [0.25, 0.3) is 0 Å². The predicted molar refractivity (Wildman–Crippen MR) is 90.4 cm³/mol. The van der Waals surface area contributed by atoms with Gasteiger partial charge in [-0.15, -0.1) is 0 Å². The molecule has 7 heteroatoms. The van der Waals surface area contributed by atoms with Crippen LogP contribution in [0.15, 0.2) is 28.9 Å². The van der Waals surface area contributed by atoms with E-state index < -0.39 is 17.9 Å². The van der Waals surface area contributed by atoms with E-state index in [1.165, 1.54) is 0 Å². The molecule has 6 nitrogen and oxygen atoms in total. The van der Waals surface area contributed by atoms with Crippen LogP contribution in [0, 0.1) is 0 Å². The summed E-state index contributed by atoms with van der Waals surface area (Å²) in [5, 5.41) is 12.8. The molecule has 124 valence electrons. The lowest BCUT2D eigenvalue weighted by Gasteiger charge is -2.14. The van der Waals surface area contributed by atoms with Crippen LogP contribution >= 0.6 is 15.9 Å². The maximum absolute atomic E-state index is 11.8. The summed E-state index contributed by atoms with van der Waals surface area (Å²) < 4.78 is 6.04. The Morgan fingerprint density at radius 2 is 2.22 bits per heavy atom. The smallest absolute Gasteiger partial charge is 0.326 e. The van der Waals surface area contributed by atoms with Gasteiger partial charge in [0.1, 0.15) is 12.6 Å². The summed E-state index contributed by atoms with van der Waals surface area (Å²) in [7, 11) is 0. The van der Waals surface area contributed by atoms with E-state index in [0.717, 1.165) is 27.4 Å². The molecule has 0 aliphatic rings. The molecule has 1 amide bonds. The van der Waals surface area contributed by atoms with Crippen molar-refractivity contribution in [1.29, 1.82) is 0 Å². The van der Waals surface area contributed by atoms with E-state index in [9.17, 15) is 14.7 Å². The molecule has 1 atom stereocenters. The molecule has 0 radical (unpaired) electrons. The van der Waals surface area contributed by atoms with Crippen molar-refractivity contribution >= 4 is 38.7 Å². The van der Waals surface area contributed by atoms with Crippen LogP contribution in [0.4, 0.5) is 0 Å². The Labute approximate surface area is 142 Å². The maximum Gasteiger partial charge on any atom is 0.326 e. The molecule has 0 spiro atoms. The minimum Gasteiger partial charge on any atom is -0.480 e. The second-order valence-electron chi connectivity index (χ2n) is 5.22. The van der Waals surface area contributed by atoms with E-state index >= 15 is 0 Å². The second-order valence-corrected chi connectivity index (χ2v) is 6.13. The molecule has 0 bridgehead atoms. The minimum absolute atomic E-state index is 0.128. The molecular weight excluding hydrogens is 364 g/mol. The third-order valence-corrected chi connectivity index (χ3v) is 3.86. The van der Waals surface area contributed by atoms with Crippen molar-refractivity contribution in [3.8, 4) is 0 Å². The number of rotatable bonds is 8. The average molecular weight is 383 g/mol. The predicted octanol–water partition coefficient (Wildman–Crippen LogP) is 2.47. The van der Waals surface area contributed by atoms with Crippen LogP contribution in [0.3, 0.4) is 0 Å². The molecule has 0 saturated heterocycles. The van der Waals surface area contributed by atoms with Gasteiger partial charge in [-0.1, -0.05) is 22.9 Å². The van der Waals surface area contributed by atoms with Gasteiger partial charge in [-0.25, -0.2) is 4.79 Å². The standard InChI is InChI=1S/C16H19BrN2O4/c1-2-5-23-9-15(20)19-14(16(21)22)6-10-8-18-13-4-3-11(17)7-12(10)13/h3-4,7-8,14,18H,2,5-6,9H2,1H3,(H,19,20)(H,21,22). The minimum atomic E-state index is -1.07. The molecule has 0 aliphatic heterocycles. The van der Waals surface area contributed by atoms with Gasteiger partial charge in [0.05, 0.1) is 0 Å². The Morgan fingerprint density at radius 1 is 1.43 bits per heavy atom. The molecule has 1 aromatic carbocycles. The highest BCUT2D eigenvalue weighted by molar-refractivity contribution is 9.10. The van der Waals surface area contributed by atoms with Crippen LogP contribution in [0.1, 0.15) is 18.9 Å². The summed E-state index contributed by atoms with van der Waals surface area (Å²) in [5.41, 5.74) is 1.76. The van der Waals surface area contributed by atoms with Gasteiger partial charge < -0.3 is 20.1 Å². The Morgan fingerprint density at radius 3 is 2.91 bits per heavy atom. The Balaban J connectivity index is 2.07. The number of hydrogen-bond donors (Lipinski definition) is 3. The third-order valence-electron chi connectivity index (χ3n) is 3.37. The summed E-state index contributed by atoms with van der Waals surface area (Å²) in [5.74, 6) is -1.50. The molecular formula is C16H19BrN2O4. The van der Waals surface area contributed by atoms with Crippen LogP contribution in [-0.2, 0) is 20.7 Å². The van der Waals surface area contributed by atoms with E-state index in [4.69, 9.17) is 4.74 Å². The SMILES string of the molecule is CCCOCC(=O)NC(Cc1c[nH]c2ccc(Br)cc12)C(=O)O. The summed E-state index contributed by atoms with van der Waals surface area (Å²) in [6.07, 6.45) is 2.78. The summed E-state index contributed by atoms with van der Waals surface area (Å²) in [6, 6.07) is 4.75. The van der Waals surface area contributed by atoms with Crippen molar-refractivity contribution in [2.75, 3.05) is 13.2 Å². The lowest BCUT2D eigenvalue weighted by molar-refractivity contribution is -0.142. The van der Waals surface area contributed by atoms with Crippen molar-refractivity contribution in [2.45, 2.75) is 25.8 Å². The zero-order chi connectivity index (χ0) is 16.8. The van der Waals surface area contributed by atoms with Crippen molar-refractivity contribution in [3.63, 3.8) is 0 Å². The van der Waals surface area contributed by atoms with Gasteiger partial charge in [-0.05, 0) is 30.2 Å². The highest BCUT2D eigenvalue weighted by atomic mass is 79.9. The first-order chi connectivity index (χ1) is 11.0. The quantitative estimate of drug-likeness (QED) is 0.611. The lowest BCUT2D eigenvalue weighted by Crippen LogP contribution is -2.43. The monoisotopic (exact) mass is 382 g/mol. The molecule has 1 unspecified atom stereocenters. The number of carboxylic acids is 1. The lowest BCUT2D eigenvalue weighted by atomic mass is 10.1. The zero-order valence-corrected chi connectivity index (χ0v) is 14.4. The summed E-state index contributed by atoms with van der Waals surface area (Å²) in [4.78, 5) is 26.3. The van der Waals surface area contributed by atoms with Gasteiger partial charge >= 0.3 is 5.97 Å². The average Bonchev–Trinajstić information content (AvgIpc) is 2.89. The maximum atomic E-state index is 11.8. The van der Waals surface area contributed by atoms with E-state index in [1.54, 1.807) is 6.20 Å². The molecule has 2 aromatic rings. The number of aliphatic carboxylic acids is 1. The summed E-state index contributed by atoms with van der Waals surface area (Å²) >= 11 is 3.41. The molecule has 1 heterocycles. The normalized spacial score (nSPS) is 12.3. The Hall–Kier alpha value is -1.86. The number of carbonyl (C=O) groups excluding carboxylic acids is 1. The number of aromatic nitrogens is 1. The molecule has 0 saturated carbocycles. The van der Waals surface area contributed by atoms with Crippen LogP contribution in [-0.4, -0.2) is 41.2 Å². The number of halogens is 1. The number of carbonyl (C=O) groups is 2. The number of nitrogens with one attached hydrogen (secondary N) is 2. The largest absolute Gasteiger partial charge is 0.480 e. The Bertz CT molecular complexity index is 698. The zero-order valence-electron chi connectivity index (χ0n) is 12.8. The number of ether oxygens (including phenoxy) is 1. The van der Waals surface area contributed by atoms with E-state index in [1.807, 2.05) is 25.1 Å². The van der Waals surface area contributed by atoms with Crippen molar-refractivity contribution in [2.24, 2.45) is 0 Å². The molecule has 1 aromatic heterocycles. The molecule has 23 heavy (non-hydrogen) atoms. The van der Waals surface area contributed by atoms with Crippen LogP contribution in [0.5, 0.6) is 0 Å². The van der Waals surface area contributed by atoms with Gasteiger partial charge in [0.2, 0.25) is 5.91 Å². The van der Waals surface area contributed by atoms with Crippen LogP contribution in [0.25, 0.3) is 10.9 Å². The fourth-order valence-corrected chi connectivity index (χ4v) is 2.65. The van der Waals surface area contributed by atoms with Crippen molar-refractivity contribution in [3.05, 3.63) is 34.4 Å². The number of hydrogen-bond acceptors (Lipinski definition) is 3. The highest BCUT2D eigenvalue weighted by Crippen LogP contribution is 2.23. The first-order valence-corrected chi connectivity index (χ1v) is 8.16. The Kier molecular flexibility index (Phi) is 6.18. The second kappa shape index (κ2) is 8.12. The topological polar surface area (TPSA) is 91.4 Å². The van der Waals surface area contributed by atoms with Gasteiger partial charge in [-0.2, -0.15) is 0 Å². The molecule has 2 rings (SSSR count). The number of carboxylic acid groups (broad SMARTS) is 1.